The zero-order valence-corrected chi connectivity index (χ0v) is 15.8. The molecule has 2 N–H and O–H groups in total. The lowest BCUT2D eigenvalue weighted by atomic mass is 10.1. The van der Waals surface area contributed by atoms with Crippen LogP contribution in [0, 0.1) is 0 Å². The highest BCUT2D eigenvalue weighted by Crippen LogP contribution is 2.25. The van der Waals surface area contributed by atoms with Crippen LogP contribution in [-0.2, 0) is 25.5 Å². The summed E-state index contributed by atoms with van der Waals surface area (Å²) in [6, 6.07) is 5.21. The second-order valence-corrected chi connectivity index (χ2v) is 7.33. The van der Waals surface area contributed by atoms with Gasteiger partial charge in [0.05, 0.1) is 0 Å². The predicted molar refractivity (Wildman–Crippen MR) is 99.6 cm³/mol. The van der Waals surface area contributed by atoms with Crippen molar-refractivity contribution in [3.05, 3.63) is 30.0 Å². The van der Waals surface area contributed by atoms with E-state index < -0.39 is 17.5 Å². The van der Waals surface area contributed by atoms with Gasteiger partial charge in [0, 0.05) is 36.4 Å². The first kappa shape index (κ1) is 20.5. The van der Waals surface area contributed by atoms with Gasteiger partial charge in [-0.15, -0.1) is 0 Å². The van der Waals surface area contributed by atoms with E-state index in [1.165, 1.54) is 0 Å². The maximum Gasteiger partial charge on any atom is 0.311 e. The van der Waals surface area contributed by atoms with Gasteiger partial charge < -0.3 is 19.6 Å². The number of nitrogens with one attached hydrogen (secondary N) is 1. The molecule has 2 aromatic rings. The van der Waals surface area contributed by atoms with Crippen LogP contribution in [0.3, 0.4) is 0 Å². The van der Waals surface area contributed by atoms with Crippen LogP contribution in [0.5, 0.6) is 5.75 Å². The molecule has 1 aromatic carbocycles. The van der Waals surface area contributed by atoms with Crippen molar-refractivity contribution >= 4 is 28.8 Å². The van der Waals surface area contributed by atoms with Crippen molar-refractivity contribution in [2.75, 3.05) is 0 Å². The third-order valence-electron chi connectivity index (χ3n) is 3.76. The van der Waals surface area contributed by atoms with Crippen LogP contribution < -0.4 is 4.74 Å². The molecule has 0 aliphatic heterocycles. The molecule has 1 heterocycles. The minimum absolute atomic E-state index is 0.0446. The summed E-state index contributed by atoms with van der Waals surface area (Å²) in [6.45, 7) is 5.48. The van der Waals surface area contributed by atoms with Crippen molar-refractivity contribution in [2.24, 2.45) is 0 Å². The number of carboxylic acid groups (broad SMARTS) is 1. The van der Waals surface area contributed by atoms with Crippen LogP contribution in [0.15, 0.2) is 24.4 Å². The Labute approximate surface area is 157 Å². The fourth-order valence-corrected chi connectivity index (χ4v) is 2.62. The molecule has 0 aliphatic carbocycles. The number of hydrogen-bond acceptors (Lipinski definition) is 5. The number of aromatic nitrogens is 1. The van der Waals surface area contributed by atoms with Gasteiger partial charge in [-0.25, -0.2) is 0 Å². The normalized spacial score (nSPS) is 11.4. The second-order valence-electron chi connectivity index (χ2n) is 7.33. The Morgan fingerprint density at radius 1 is 1.07 bits per heavy atom. The topological polar surface area (TPSA) is 106 Å². The predicted octanol–water partition coefficient (Wildman–Crippen LogP) is 3.60. The molecule has 0 atom stereocenters. The van der Waals surface area contributed by atoms with E-state index in [2.05, 4.69) is 4.98 Å². The fraction of sp³-hybridized carbons (Fsp3) is 0.450. The Hall–Kier alpha value is -2.83. The number of esters is 2. The number of aliphatic carboxylic acids is 1. The lowest BCUT2D eigenvalue weighted by molar-refractivity contribution is -0.154. The first-order valence-electron chi connectivity index (χ1n) is 8.88. The van der Waals surface area contributed by atoms with Crippen molar-refractivity contribution in [3.8, 4) is 5.75 Å². The van der Waals surface area contributed by atoms with E-state index in [0.29, 0.717) is 12.2 Å². The number of H-pyrrole nitrogens is 1. The van der Waals surface area contributed by atoms with E-state index in [-0.39, 0.29) is 31.7 Å². The van der Waals surface area contributed by atoms with Gasteiger partial charge in [0.15, 0.2) is 0 Å². The van der Waals surface area contributed by atoms with Gasteiger partial charge in [0.2, 0.25) is 0 Å². The number of aryl methyl sites for hydroxylation is 1. The van der Waals surface area contributed by atoms with Crippen LogP contribution in [-0.4, -0.2) is 33.6 Å². The second kappa shape index (κ2) is 8.70. The molecular weight excluding hydrogens is 350 g/mol. The standard InChI is InChI=1S/C20H25NO6/c1-20(2,3)27-19(25)10-7-13-12-21-16-9-8-14(11-15(13)16)26-18(24)6-4-5-17(22)23/h8-9,11-12,21H,4-7,10H2,1-3H3,(H,22,23). The molecule has 0 unspecified atom stereocenters. The summed E-state index contributed by atoms with van der Waals surface area (Å²) < 4.78 is 10.6. The average molecular weight is 375 g/mol. The van der Waals surface area contributed by atoms with Gasteiger partial charge in [-0.2, -0.15) is 0 Å². The molecule has 7 heteroatoms. The van der Waals surface area contributed by atoms with E-state index in [1.54, 1.807) is 18.2 Å². The molecule has 0 spiro atoms. The first-order chi connectivity index (χ1) is 12.6. The van der Waals surface area contributed by atoms with Crippen LogP contribution >= 0.6 is 0 Å². The number of carbonyl (C=O) groups excluding carboxylic acids is 2. The van der Waals surface area contributed by atoms with Crippen molar-refractivity contribution in [1.29, 1.82) is 0 Å². The molecule has 7 nitrogen and oxygen atoms in total. The number of aromatic amines is 1. The molecule has 0 saturated carbocycles. The number of ether oxygens (including phenoxy) is 2. The van der Waals surface area contributed by atoms with Gasteiger partial charge in [-0.1, -0.05) is 0 Å². The fourth-order valence-electron chi connectivity index (χ4n) is 2.62. The monoisotopic (exact) mass is 375 g/mol. The van der Waals surface area contributed by atoms with Gasteiger partial charge in [-0.3, -0.25) is 14.4 Å². The number of fused-ring (bicyclic) bond motifs is 1. The van der Waals surface area contributed by atoms with E-state index in [9.17, 15) is 14.4 Å². The minimum atomic E-state index is -0.939. The summed E-state index contributed by atoms with van der Waals surface area (Å²) in [5.74, 6) is -1.29. The summed E-state index contributed by atoms with van der Waals surface area (Å²) in [5.41, 5.74) is 1.29. The lowest BCUT2D eigenvalue weighted by Crippen LogP contribution is -2.23. The van der Waals surface area contributed by atoms with Crippen LogP contribution in [0.25, 0.3) is 10.9 Å². The number of benzene rings is 1. The van der Waals surface area contributed by atoms with E-state index >= 15 is 0 Å². The maximum absolute atomic E-state index is 11.9. The molecule has 1 aromatic heterocycles. The molecule has 0 aliphatic rings. The van der Waals surface area contributed by atoms with E-state index in [0.717, 1.165) is 16.5 Å². The van der Waals surface area contributed by atoms with Crippen molar-refractivity contribution in [2.45, 2.75) is 58.5 Å². The lowest BCUT2D eigenvalue weighted by Gasteiger charge is -2.19. The number of hydrogen-bond donors (Lipinski definition) is 2. The maximum atomic E-state index is 11.9. The van der Waals surface area contributed by atoms with E-state index in [4.69, 9.17) is 14.6 Å². The molecule has 0 amide bonds. The smallest absolute Gasteiger partial charge is 0.311 e. The highest BCUT2D eigenvalue weighted by molar-refractivity contribution is 5.86. The number of rotatable bonds is 8. The highest BCUT2D eigenvalue weighted by Gasteiger charge is 2.17. The SMILES string of the molecule is CC(C)(C)OC(=O)CCc1c[nH]c2ccc(OC(=O)CCCC(=O)O)cc12. The molecule has 0 radical (unpaired) electrons. The first-order valence-corrected chi connectivity index (χ1v) is 8.88. The summed E-state index contributed by atoms with van der Waals surface area (Å²) >= 11 is 0. The Morgan fingerprint density at radius 3 is 2.48 bits per heavy atom. The third-order valence-corrected chi connectivity index (χ3v) is 3.76. The summed E-state index contributed by atoms with van der Waals surface area (Å²) in [5, 5.41) is 9.47. The molecule has 0 fully saturated rings. The molecule has 2 rings (SSSR count). The Morgan fingerprint density at radius 2 is 1.81 bits per heavy atom. The molecular formula is C20H25NO6. The van der Waals surface area contributed by atoms with Crippen LogP contribution in [0.1, 0.15) is 52.0 Å². The largest absolute Gasteiger partial charge is 0.481 e. The van der Waals surface area contributed by atoms with Crippen molar-refractivity contribution in [3.63, 3.8) is 0 Å². The highest BCUT2D eigenvalue weighted by atomic mass is 16.6. The zero-order chi connectivity index (χ0) is 20.0. The van der Waals surface area contributed by atoms with Crippen LogP contribution in [0.4, 0.5) is 0 Å². The summed E-state index contributed by atoms with van der Waals surface area (Å²) in [6.07, 6.45) is 2.80. The third kappa shape index (κ3) is 6.77. The Balaban J connectivity index is 1.99. The summed E-state index contributed by atoms with van der Waals surface area (Å²) in [4.78, 5) is 37.3. The van der Waals surface area contributed by atoms with Gasteiger partial charge >= 0.3 is 17.9 Å². The molecule has 0 bridgehead atoms. The Kier molecular flexibility index (Phi) is 6.60. The molecule has 146 valence electrons. The van der Waals surface area contributed by atoms with E-state index in [1.807, 2.05) is 27.0 Å². The number of carboxylic acids is 1. The quantitative estimate of drug-likeness (QED) is 0.539. The van der Waals surface area contributed by atoms with Crippen LogP contribution in [0.2, 0.25) is 0 Å². The average Bonchev–Trinajstić information content (AvgIpc) is 2.93. The molecule has 0 saturated heterocycles. The zero-order valence-electron chi connectivity index (χ0n) is 15.8. The van der Waals surface area contributed by atoms with Crippen molar-refractivity contribution < 1.29 is 29.0 Å². The van der Waals surface area contributed by atoms with Crippen molar-refractivity contribution in [1.82, 2.24) is 4.98 Å². The summed E-state index contributed by atoms with van der Waals surface area (Å²) in [7, 11) is 0. The van der Waals surface area contributed by atoms with Gasteiger partial charge in [0.1, 0.15) is 11.4 Å². The minimum Gasteiger partial charge on any atom is -0.481 e. The molecule has 27 heavy (non-hydrogen) atoms. The Bertz CT molecular complexity index is 831. The van der Waals surface area contributed by atoms with Gasteiger partial charge in [0.25, 0.3) is 0 Å². The van der Waals surface area contributed by atoms with Gasteiger partial charge in [-0.05, 0) is 57.4 Å². The number of carbonyl (C=O) groups is 3.